The normalized spacial score (nSPS) is 22.3. The highest BCUT2D eigenvalue weighted by Gasteiger charge is 2.48. The summed E-state index contributed by atoms with van der Waals surface area (Å²) in [6, 6.07) is 23.9. The monoisotopic (exact) mass is 372 g/mol. The smallest absolute Gasteiger partial charge is 0.410 e. The molecule has 2 aliphatic rings. The lowest BCUT2D eigenvalue weighted by atomic mass is 9.99. The third-order valence-electron chi connectivity index (χ3n) is 5.95. The van der Waals surface area contributed by atoms with Crippen LogP contribution in [0.5, 0.6) is 0 Å². The fraction of sp³-hybridized carbons (Fsp3) is 0.292. The molecule has 3 aromatic carbocycles. The van der Waals surface area contributed by atoms with Crippen LogP contribution in [-0.4, -0.2) is 48.2 Å². The quantitative estimate of drug-likeness (QED) is 0.677. The summed E-state index contributed by atoms with van der Waals surface area (Å²) in [5.41, 5.74) is 3.45. The van der Waals surface area contributed by atoms with E-state index >= 15 is 0 Å². The van der Waals surface area contributed by atoms with Crippen LogP contribution in [0.25, 0.3) is 21.9 Å². The molecule has 0 N–H and O–H groups in total. The van der Waals surface area contributed by atoms with Gasteiger partial charge in [0.05, 0.1) is 6.54 Å². The number of carbonyl (C=O) groups excluding carboxylic acids is 1. The van der Waals surface area contributed by atoms with Gasteiger partial charge in [-0.2, -0.15) is 0 Å². The molecule has 142 valence electrons. The van der Waals surface area contributed by atoms with Crippen molar-refractivity contribution in [1.82, 2.24) is 9.80 Å². The molecule has 1 amide bonds. The Kier molecular flexibility index (Phi) is 4.09. The minimum Gasteiger partial charge on any atom is -0.439 e. The number of ether oxygens (including phenoxy) is 1. The molecule has 4 nitrogen and oxygen atoms in total. The van der Waals surface area contributed by atoms with Crippen LogP contribution >= 0.6 is 0 Å². The van der Waals surface area contributed by atoms with E-state index in [1.807, 2.05) is 7.05 Å². The second kappa shape index (κ2) is 6.64. The second-order valence-electron chi connectivity index (χ2n) is 8.13. The Balaban J connectivity index is 1.34. The lowest BCUT2D eigenvalue weighted by Gasteiger charge is -2.22. The average Bonchev–Trinajstić information content (AvgIpc) is 3.22. The maximum atomic E-state index is 11.8. The molecule has 2 fully saturated rings. The van der Waals surface area contributed by atoms with Gasteiger partial charge in [0, 0.05) is 33.1 Å². The van der Waals surface area contributed by atoms with Crippen molar-refractivity contribution in [2.45, 2.75) is 18.6 Å². The number of hydrogen-bond acceptors (Lipinski definition) is 3. The molecule has 0 saturated carbocycles. The molecular weight excluding hydrogens is 348 g/mol. The van der Waals surface area contributed by atoms with Crippen LogP contribution in [0.3, 0.4) is 0 Å². The summed E-state index contributed by atoms with van der Waals surface area (Å²) in [7, 11) is 1.81. The number of rotatable bonds is 3. The van der Waals surface area contributed by atoms with Crippen molar-refractivity contribution in [2.75, 3.05) is 26.7 Å². The zero-order chi connectivity index (χ0) is 19.1. The highest BCUT2D eigenvalue weighted by atomic mass is 16.6. The summed E-state index contributed by atoms with van der Waals surface area (Å²) in [6.07, 6.45) is 0.716. The Hall–Kier alpha value is -2.85. The molecule has 1 unspecified atom stereocenters. The van der Waals surface area contributed by atoms with Crippen LogP contribution in [0.2, 0.25) is 0 Å². The van der Waals surface area contributed by atoms with Gasteiger partial charge in [0.15, 0.2) is 0 Å². The van der Waals surface area contributed by atoms with Gasteiger partial charge in [0.1, 0.15) is 5.60 Å². The van der Waals surface area contributed by atoms with Crippen LogP contribution in [0.4, 0.5) is 4.79 Å². The minimum atomic E-state index is -0.318. The van der Waals surface area contributed by atoms with E-state index in [1.54, 1.807) is 4.90 Å². The summed E-state index contributed by atoms with van der Waals surface area (Å²) in [4.78, 5) is 15.9. The van der Waals surface area contributed by atoms with E-state index in [0.717, 1.165) is 26.1 Å². The lowest BCUT2D eigenvalue weighted by Crippen LogP contribution is -2.37. The SMILES string of the molecule is CN1CC2(CCN(Cc3cccc(-c4ccc5ccccc5c4)c3)C2)OC1=O. The van der Waals surface area contributed by atoms with Crippen LogP contribution in [-0.2, 0) is 11.3 Å². The van der Waals surface area contributed by atoms with Crippen molar-refractivity contribution >= 4 is 16.9 Å². The maximum absolute atomic E-state index is 11.8. The first-order valence-electron chi connectivity index (χ1n) is 9.85. The number of nitrogens with zero attached hydrogens (tertiary/aromatic N) is 2. The van der Waals surface area contributed by atoms with E-state index in [0.29, 0.717) is 6.54 Å². The Morgan fingerprint density at radius 3 is 2.57 bits per heavy atom. The van der Waals surface area contributed by atoms with E-state index in [2.05, 4.69) is 71.6 Å². The fourth-order valence-electron chi connectivity index (χ4n) is 4.54. The first-order valence-corrected chi connectivity index (χ1v) is 9.85. The summed E-state index contributed by atoms with van der Waals surface area (Å²) in [6.45, 7) is 3.34. The number of carbonyl (C=O) groups is 1. The molecule has 1 spiro atoms. The molecule has 0 bridgehead atoms. The van der Waals surface area contributed by atoms with Gasteiger partial charge in [-0.25, -0.2) is 4.79 Å². The van der Waals surface area contributed by atoms with E-state index in [-0.39, 0.29) is 11.7 Å². The molecular formula is C24H24N2O2. The Morgan fingerprint density at radius 2 is 1.75 bits per heavy atom. The van der Waals surface area contributed by atoms with Crippen molar-refractivity contribution in [2.24, 2.45) is 0 Å². The van der Waals surface area contributed by atoms with Gasteiger partial charge in [-0.05, 0) is 39.6 Å². The number of hydrogen-bond donors (Lipinski definition) is 0. The zero-order valence-corrected chi connectivity index (χ0v) is 16.1. The van der Waals surface area contributed by atoms with Gasteiger partial charge >= 0.3 is 6.09 Å². The van der Waals surface area contributed by atoms with Crippen LogP contribution < -0.4 is 0 Å². The minimum absolute atomic E-state index is 0.194. The predicted octanol–water partition coefficient (Wildman–Crippen LogP) is 4.53. The van der Waals surface area contributed by atoms with E-state index in [4.69, 9.17) is 4.74 Å². The summed E-state index contributed by atoms with van der Waals surface area (Å²) in [5, 5.41) is 2.53. The largest absolute Gasteiger partial charge is 0.439 e. The second-order valence-corrected chi connectivity index (χ2v) is 8.13. The van der Waals surface area contributed by atoms with Gasteiger partial charge in [-0.3, -0.25) is 4.90 Å². The third-order valence-corrected chi connectivity index (χ3v) is 5.95. The third kappa shape index (κ3) is 3.14. The van der Waals surface area contributed by atoms with Gasteiger partial charge in [0.2, 0.25) is 0 Å². The molecule has 2 heterocycles. The fourth-order valence-corrected chi connectivity index (χ4v) is 4.54. The number of benzene rings is 3. The molecule has 0 aliphatic carbocycles. The van der Waals surface area contributed by atoms with Crippen LogP contribution in [0.15, 0.2) is 66.7 Å². The van der Waals surface area contributed by atoms with Crippen LogP contribution in [0.1, 0.15) is 12.0 Å². The maximum Gasteiger partial charge on any atom is 0.410 e. The first kappa shape index (κ1) is 17.3. The topological polar surface area (TPSA) is 32.8 Å². The molecule has 0 aromatic heterocycles. The van der Waals surface area contributed by atoms with Gasteiger partial charge < -0.3 is 9.64 Å². The first-order chi connectivity index (χ1) is 13.6. The molecule has 5 rings (SSSR count). The molecule has 3 aromatic rings. The average molecular weight is 372 g/mol. The van der Waals surface area contributed by atoms with Gasteiger partial charge in [-0.15, -0.1) is 0 Å². The summed E-state index contributed by atoms with van der Waals surface area (Å²) in [5.74, 6) is 0. The Morgan fingerprint density at radius 1 is 0.929 bits per heavy atom. The summed E-state index contributed by atoms with van der Waals surface area (Å²) < 4.78 is 5.67. The highest BCUT2D eigenvalue weighted by molar-refractivity contribution is 5.87. The number of likely N-dealkylation sites (tertiary alicyclic amines) is 1. The van der Waals surface area contributed by atoms with E-state index < -0.39 is 0 Å². The van der Waals surface area contributed by atoms with E-state index in [9.17, 15) is 4.79 Å². The van der Waals surface area contributed by atoms with Crippen molar-refractivity contribution in [3.8, 4) is 11.1 Å². The Labute approximate surface area is 165 Å². The molecule has 28 heavy (non-hydrogen) atoms. The van der Waals surface area contributed by atoms with E-state index in [1.165, 1.54) is 27.5 Å². The molecule has 0 radical (unpaired) electrons. The van der Waals surface area contributed by atoms with Gasteiger partial charge in [-0.1, -0.05) is 54.6 Å². The molecule has 2 saturated heterocycles. The number of likely N-dealkylation sites (N-methyl/N-ethyl adjacent to an activating group) is 1. The lowest BCUT2D eigenvalue weighted by molar-refractivity contribution is 0.0627. The standard InChI is InChI=1S/C24H24N2O2/c1-25-16-24(28-23(25)27)11-12-26(17-24)15-18-5-4-8-20(13-18)22-10-9-19-6-2-3-7-21(19)14-22/h2-10,13-14H,11-12,15-17H2,1H3. The van der Waals surface area contributed by atoms with Crippen molar-refractivity contribution in [3.63, 3.8) is 0 Å². The van der Waals surface area contributed by atoms with Crippen molar-refractivity contribution < 1.29 is 9.53 Å². The molecule has 2 aliphatic heterocycles. The molecule has 4 heteroatoms. The van der Waals surface area contributed by atoms with Crippen molar-refractivity contribution in [1.29, 1.82) is 0 Å². The highest BCUT2D eigenvalue weighted by Crippen LogP contribution is 2.33. The zero-order valence-electron chi connectivity index (χ0n) is 16.1. The number of fused-ring (bicyclic) bond motifs is 1. The van der Waals surface area contributed by atoms with Crippen molar-refractivity contribution in [3.05, 3.63) is 72.3 Å². The molecule has 1 atom stereocenters. The van der Waals surface area contributed by atoms with Crippen LogP contribution in [0, 0.1) is 0 Å². The number of amides is 1. The Bertz CT molecular complexity index is 1050. The predicted molar refractivity (Wildman–Crippen MR) is 111 cm³/mol. The summed E-state index contributed by atoms with van der Waals surface area (Å²) >= 11 is 0. The van der Waals surface area contributed by atoms with Gasteiger partial charge in [0.25, 0.3) is 0 Å².